The molecule has 0 saturated heterocycles. The van der Waals surface area contributed by atoms with Crippen LogP contribution in [0.4, 0.5) is 0 Å². The Labute approximate surface area is 135 Å². The van der Waals surface area contributed by atoms with Gasteiger partial charge in [0, 0.05) is 4.88 Å². The van der Waals surface area contributed by atoms with E-state index >= 15 is 0 Å². The predicted molar refractivity (Wildman–Crippen MR) is 95.2 cm³/mol. The van der Waals surface area contributed by atoms with Crippen LogP contribution in [0.15, 0.2) is 11.4 Å². The number of thiophene rings is 1. The van der Waals surface area contributed by atoms with Crippen molar-refractivity contribution in [1.82, 2.24) is 5.32 Å². The second kappa shape index (κ2) is 7.78. The van der Waals surface area contributed by atoms with Crippen LogP contribution in [0, 0.1) is 30.6 Å². The molecule has 1 aromatic rings. The Kier molecular flexibility index (Phi) is 6.31. The molecule has 120 valence electrons. The first-order valence-electron chi connectivity index (χ1n) is 8.73. The molecule has 0 amide bonds. The molecule has 1 saturated carbocycles. The van der Waals surface area contributed by atoms with Crippen LogP contribution < -0.4 is 5.32 Å². The summed E-state index contributed by atoms with van der Waals surface area (Å²) < 4.78 is 0. The minimum atomic E-state index is 0.748. The van der Waals surface area contributed by atoms with E-state index in [1.807, 2.05) is 11.3 Å². The van der Waals surface area contributed by atoms with Gasteiger partial charge in [0.05, 0.1) is 0 Å². The minimum Gasteiger partial charge on any atom is -0.316 e. The fraction of sp³-hybridized carbons (Fsp3) is 0.789. The van der Waals surface area contributed by atoms with Crippen LogP contribution in [-0.2, 0) is 0 Å². The average Bonchev–Trinajstić information content (AvgIpc) is 2.84. The van der Waals surface area contributed by atoms with Gasteiger partial charge in [-0.1, -0.05) is 27.7 Å². The maximum Gasteiger partial charge on any atom is 0.00491 e. The van der Waals surface area contributed by atoms with Crippen LogP contribution in [0.5, 0.6) is 0 Å². The first kappa shape index (κ1) is 17.0. The number of rotatable bonds is 6. The highest BCUT2D eigenvalue weighted by molar-refractivity contribution is 7.10. The van der Waals surface area contributed by atoms with E-state index in [2.05, 4.69) is 51.4 Å². The predicted octanol–water partition coefficient (Wildman–Crippen LogP) is 5.46. The fourth-order valence-electron chi connectivity index (χ4n) is 3.83. The van der Waals surface area contributed by atoms with Gasteiger partial charge in [-0.15, -0.1) is 11.3 Å². The van der Waals surface area contributed by atoms with E-state index in [9.17, 15) is 0 Å². The van der Waals surface area contributed by atoms with Crippen molar-refractivity contribution in [3.05, 3.63) is 21.9 Å². The van der Waals surface area contributed by atoms with Crippen molar-refractivity contribution in [2.75, 3.05) is 13.1 Å². The Hall–Kier alpha value is -0.340. The summed E-state index contributed by atoms with van der Waals surface area (Å²) in [5.41, 5.74) is 1.64. The summed E-state index contributed by atoms with van der Waals surface area (Å²) in [6.07, 6.45) is 4.21. The molecule has 0 radical (unpaired) electrons. The van der Waals surface area contributed by atoms with Crippen LogP contribution in [0.2, 0.25) is 0 Å². The van der Waals surface area contributed by atoms with Crippen molar-refractivity contribution in [1.29, 1.82) is 0 Å². The van der Waals surface area contributed by atoms with Crippen LogP contribution >= 0.6 is 11.3 Å². The van der Waals surface area contributed by atoms with Crippen molar-refractivity contribution in [2.45, 2.75) is 59.8 Å². The maximum atomic E-state index is 3.71. The van der Waals surface area contributed by atoms with Gasteiger partial charge < -0.3 is 5.32 Å². The largest absolute Gasteiger partial charge is 0.316 e. The lowest BCUT2D eigenvalue weighted by atomic mass is 9.68. The van der Waals surface area contributed by atoms with Crippen LogP contribution in [0.3, 0.4) is 0 Å². The van der Waals surface area contributed by atoms with Crippen molar-refractivity contribution in [3.63, 3.8) is 0 Å². The van der Waals surface area contributed by atoms with Gasteiger partial charge in [0.1, 0.15) is 0 Å². The van der Waals surface area contributed by atoms with Crippen molar-refractivity contribution in [2.24, 2.45) is 23.7 Å². The van der Waals surface area contributed by atoms with Gasteiger partial charge in [0.15, 0.2) is 0 Å². The molecule has 0 aromatic carbocycles. The molecule has 1 N–H and O–H groups in total. The molecule has 0 aliphatic heterocycles. The zero-order valence-electron chi connectivity index (χ0n) is 14.5. The highest BCUT2D eigenvalue weighted by Crippen LogP contribution is 2.44. The van der Waals surface area contributed by atoms with E-state index < -0.39 is 0 Å². The number of hydrogen-bond acceptors (Lipinski definition) is 2. The maximum absolute atomic E-state index is 3.71. The van der Waals surface area contributed by atoms with E-state index in [0.717, 1.165) is 36.1 Å². The lowest BCUT2D eigenvalue weighted by molar-refractivity contribution is 0.189. The topological polar surface area (TPSA) is 12.0 Å². The first-order chi connectivity index (χ1) is 9.99. The molecule has 0 bridgehead atoms. The van der Waals surface area contributed by atoms with Crippen LogP contribution in [-0.4, -0.2) is 13.1 Å². The van der Waals surface area contributed by atoms with Gasteiger partial charge in [0.2, 0.25) is 0 Å². The first-order valence-corrected chi connectivity index (χ1v) is 9.61. The van der Waals surface area contributed by atoms with Gasteiger partial charge in [0.25, 0.3) is 0 Å². The molecular weight excluding hydrogens is 274 g/mol. The smallest absolute Gasteiger partial charge is 0.00491 e. The third kappa shape index (κ3) is 4.56. The molecule has 1 aliphatic rings. The van der Waals surface area contributed by atoms with Gasteiger partial charge in [-0.05, 0) is 85.9 Å². The fourth-order valence-corrected chi connectivity index (χ4v) is 4.61. The minimum absolute atomic E-state index is 0.748. The SMILES string of the molecule is Cc1sccc1C1CC(C(C)C)CCC1CNCC(C)C. The summed E-state index contributed by atoms with van der Waals surface area (Å²) in [6, 6.07) is 2.39. The molecular formula is C19H33NS. The Morgan fingerprint density at radius 3 is 2.57 bits per heavy atom. The molecule has 1 aliphatic carbocycles. The molecule has 1 heterocycles. The van der Waals surface area contributed by atoms with Gasteiger partial charge >= 0.3 is 0 Å². The van der Waals surface area contributed by atoms with Crippen molar-refractivity contribution < 1.29 is 0 Å². The number of aryl methyl sites for hydroxylation is 1. The van der Waals surface area contributed by atoms with E-state index in [1.54, 1.807) is 10.4 Å². The molecule has 1 nitrogen and oxygen atoms in total. The van der Waals surface area contributed by atoms with E-state index in [0.29, 0.717) is 0 Å². The highest BCUT2D eigenvalue weighted by Gasteiger charge is 2.33. The molecule has 3 atom stereocenters. The average molecular weight is 308 g/mol. The monoisotopic (exact) mass is 307 g/mol. The molecule has 1 aromatic heterocycles. The molecule has 2 heteroatoms. The zero-order chi connectivity index (χ0) is 15.4. The summed E-state index contributed by atoms with van der Waals surface area (Å²) in [5.74, 6) is 4.09. The second-order valence-electron chi connectivity index (χ2n) is 7.67. The number of hydrogen-bond donors (Lipinski definition) is 1. The Balaban J connectivity index is 2.05. The van der Waals surface area contributed by atoms with E-state index in [-0.39, 0.29) is 0 Å². The van der Waals surface area contributed by atoms with Crippen molar-refractivity contribution >= 4 is 11.3 Å². The summed E-state index contributed by atoms with van der Waals surface area (Å²) in [6.45, 7) is 14.0. The summed E-state index contributed by atoms with van der Waals surface area (Å²) in [4.78, 5) is 1.54. The molecule has 1 fully saturated rings. The van der Waals surface area contributed by atoms with Gasteiger partial charge in [-0.25, -0.2) is 0 Å². The molecule has 0 spiro atoms. The van der Waals surface area contributed by atoms with E-state index in [1.165, 1.54) is 25.8 Å². The lowest BCUT2D eigenvalue weighted by Crippen LogP contribution is -2.34. The Morgan fingerprint density at radius 1 is 1.24 bits per heavy atom. The summed E-state index contributed by atoms with van der Waals surface area (Å²) in [7, 11) is 0. The van der Waals surface area contributed by atoms with Crippen LogP contribution in [0.1, 0.15) is 63.3 Å². The van der Waals surface area contributed by atoms with Gasteiger partial charge in [-0.2, -0.15) is 0 Å². The Bertz CT molecular complexity index is 419. The molecule has 3 unspecified atom stereocenters. The summed E-state index contributed by atoms with van der Waals surface area (Å²) >= 11 is 1.92. The highest BCUT2D eigenvalue weighted by atomic mass is 32.1. The van der Waals surface area contributed by atoms with Gasteiger partial charge in [-0.3, -0.25) is 0 Å². The van der Waals surface area contributed by atoms with E-state index in [4.69, 9.17) is 0 Å². The quantitative estimate of drug-likeness (QED) is 0.736. The van der Waals surface area contributed by atoms with Crippen LogP contribution in [0.25, 0.3) is 0 Å². The standard InChI is InChI=1S/C19H33NS/c1-13(2)11-20-12-17-7-6-16(14(3)4)10-19(17)18-8-9-21-15(18)5/h8-9,13-14,16-17,19-20H,6-7,10-12H2,1-5H3. The zero-order valence-corrected chi connectivity index (χ0v) is 15.3. The molecule has 21 heavy (non-hydrogen) atoms. The summed E-state index contributed by atoms with van der Waals surface area (Å²) in [5, 5.41) is 5.99. The third-order valence-corrected chi connectivity index (χ3v) is 6.10. The third-order valence-electron chi connectivity index (χ3n) is 5.23. The Morgan fingerprint density at radius 2 is 2.00 bits per heavy atom. The van der Waals surface area contributed by atoms with Crippen molar-refractivity contribution in [3.8, 4) is 0 Å². The lowest BCUT2D eigenvalue weighted by Gasteiger charge is -2.38. The normalized spacial score (nSPS) is 26.7. The molecule has 2 rings (SSSR count). The number of nitrogens with one attached hydrogen (secondary N) is 1. The second-order valence-corrected chi connectivity index (χ2v) is 8.79.